The van der Waals surface area contributed by atoms with Crippen LogP contribution in [0.5, 0.6) is 0 Å². The Morgan fingerprint density at radius 1 is 1.21 bits per heavy atom. The zero-order valence-electron chi connectivity index (χ0n) is 13.5. The molecule has 0 fully saturated rings. The summed E-state index contributed by atoms with van der Waals surface area (Å²) in [5.74, 6) is 0. The maximum absolute atomic E-state index is 12.8. The van der Waals surface area contributed by atoms with Crippen molar-refractivity contribution >= 4 is 33.8 Å². The molecular weight excluding hydrogens is 348 g/mol. The van der Waals surface area contributed by atoms with Gasteiger partial charge >= 0.3 is 0 Å². The molecule has 1 N–H and O–H groups in total. The van der Waals surface area contributed by atoms with Crippen LogP contribution in [0.4, 0.5) is 11.4 Å². The first-order valence-electron chi connectivity index (χ1n) is 7.56. The fourth-order valence-corrected chi connectivity index (χ4v) is 4.44. The number of hydrogen-bond donors (Lipinski definition) is 1. The van der Waals surface area contributed by atoms with E-state index in [1.165, 1.54) is 14.1 Å². The molecule has 2 atom stereocenters. The third-order valence-corrected chi connectivity index (χ3v) is 5.54. The quantitative estimate of drug-likeness (QED) is 0.667. The first kappa shape index (κ1) is 17.4. The van der Waals surface area contributed by atoms with Crippen LogP contribution in [0, 0.1) is 5.21 Å². The molecule has 1 aliphatic rings. The van der Waals surface area contributed by atoms with Crippen LogP contribution in [-0.4, -0.2) is 47.3 Å². The zero-order valence-corrected chi connectivity index (χ0v) is 15.0. The van der Waals surface area contributed by atoms with E-state index in [9.17, 15) is 14.5 Å². The van der Waals surface area contributed by atoms with Gasteiger partial charge in [0.05, 0.1) is 52.6 Å². The van der Waals surface area contributed by atoms with Gasteiger partial charge in [-0.25, -0.2) is 4.21 Å². The second-order valence-corrected chi connectivity index (χ2v) is 8.22. The van der Waals surface area contributed by atoms with E-state index in [-0.39, 0.29) is 13.1 Å². The van der Waals surface area contributed by atoms with Crippen molar-refractivity contribution in [3.63, 3.8) is 0 Å². The van der Waals surface area contributed by atoms with E-state index < -0.39 is 21.5 Å². The Kier molecular flexibility index (Phi) is 4.68. The summed E-state index contributed by atoms with van der Waals surface area (Å²) in [6.45, 7) is 0.295. The summed E-state index contributed by atoms with van der Waals surface area (Å²) in [5, 5.41) is 22.7. The molecule has 2 unspecified atom stereocenters. The third kappa shape index (κ3) is 3.48. The molecule has 0 saturated heterocycles. The van der Waals surface area contributed by atoms with Gasteiger partial charge in [-0.05, 0) is 30.3 Å². The molecule has 2 aromatic rings. The van der Waals surface area contributed by atoms with Gasteiger partial charge in [-0.1, -0.05) is 23.7 Å². The van der Waals surface area contributed by atoms with Crippen LogP contribution < -0.4 is 4.90 Å². The Hall–Kier alpha value is -1.44. The molecule has 0 bridgehead atoms. The Morgan fingerprint density at radius 2 is 1.88 bits per heavy atom. The van der Waals surface area contributed by atoms with Gasteiger partial charge in [0.1, 0.15) is 12.6 Å². The minimum absolute atomic E-state index is 0.0671. The van der Waals surface area contributed by atoms with Crippen LogP contribution in [0.15, 0.2) is 52.3 Å². The number of aliphatic hydroxyl groups is 1. The number of aliphatic hydroxyl groups excluding tert-OH is 1. The summed E-state index contributed by atoms with van der Waals surface area (Å²) < 4.78 is 12.2. The summed E-state index contributed by atoms with van der Waals surface area (Å²) in [5.41, 5.74) is 1.47. The topological polar surface area (TPSA) is 63.6 Å². The first-order valence-corrected chi connectivity index (χ1v) is 9.09. The molecule has 24 heavy (non-hydrogen) atoms. The lowest BCUT2D eigenvalue weighted by Gasteiger charge is -2.38. The lowest BCUT2D eigenvalue weighted by atomic mass is 10.2. The second-order valence-electron chi connectivity index (χ2n) is 6.37. The number of anilines is 2. The number of β-amino-alcohol motifs (C(OH)–C–C–N with tert-alkyl or cyclic N) is 1. The van der Waals surface area contributed by atoms with E-state index >= 15 is 0 Å². The van der Waals surface area contributed by atoms with Crippen LogP contribution in [0.1, 0.15) is 0 Å². The number of benzene rings is 2. The Morgan fingerprint density at radius 3 is 2.58 bits per heavy atom. The van der Waals surface area contributed by atoms with Crippen LogP contribution >= 0.6 is 11.6 Å². The zero-order chi connectivity index (χ0) is 17.5. The summed E-state index contributed by atoms with van der Waals surface area (Å²) >= 11 is 6.12. The second kappa shape index (κ2) is 6.46. The average Bonchev–Trinajstić information content (AvgIpc) is 2.49. The summed E-state index contributed by atoms with van der Waals surface area (Å²) in [6, 6.07) is 12.6. The van der Waals surface area contributed by atoms with Crippen LogP contribution in [0.3, 0.4) is 0 Å². The predicted octanol–water partition coefficient (Wildman–Crippen LogP) is 2.89. The normalized spacial score (nSPS) is 18.0. The third-order valence-electron chi connectivity index (χ3n) is 3.81. The predicted molar refractivity (Wildman–Crippen MR) is 95.9 cm³/mol. The maximum atomic E-state index is 12.8. The van der Waals surface area contributed by atoms with Crippen LogP contribution in [0.25, 0.3) is 0 Å². The van der Waals surface area contributed by atoms with Crippen molar-refractivity contribution in [2.75, 3.05) is 32.1 Å². The molecule has 0 radical (unpaired) electrons. The molecule has 5 nitrogen and oxygen atoms in total. The molecule has 0 amide bonds. The smallest absolute Gasteiger partial charge is 0.121 e. The minimum Gasteiger partial charge on any atom is -0.633 e. The number of quaternary nitrogens is 1. The molecule has 0 spiro atoms. The van der Waals surface area contributed by atoms with Gasteiger partial charge in [0.2, 0.25) is 0 Å². The number of fused-ring (bicyclic) bond motifs is 2. The van der Waals surface area contributed by atoms with Gasteiger partial charge in [-0.15, -0.1) is 0 Å². The van der Waals surface area contributed by atoms with E-state index in [4.69, 9.17) is 11.6 Å². The Bertz CT molecular complexity index is 792. The lowest BCUT2D eigenvalue weighted by molar-refractivity contribution is -0.843. The molecule has 3 rings (SSSR count). The standard InChI is InChI=1S/C17H19ClN2O3S/c1-20(2,22)11-13(21)10-19-14-5-3-4-6-16(14)24(23)17-8-7-12(18)9-15(17)19/h3-9,13,21H,10-11H2,1-2H3. The molecule has 7 heteroatoms. The summed E-state index contributed by atoms with van der Waals surface area (Å²) in [4.78, 5) is 3.23. The Labute approximate surface area is 148 Å². The van der Waals surface area contributed by atoms with Crippen molar-refractivity contribution in [1.82, 2.24) is 0 Å². The first-order chi connectivity index (χ1) is 11.3. The maximum Gasteiger partial charge on any atom is 0.121 e. The van der Waals surface area contributed by atoms with Crippen molar-refractivity contribution in [2.24, 2.45) is 0 Å². The fourth-order valence-electron chi connectivity index (χ4n) is 2.92. The van der Waals surface area contributed by atoms with E-state index in [0.29, 0.717) is 20.5 Å². The number of hydrogen-bond acceptors (Lipinski definition) is 4. The highest BCUT2D eigenvalue weighted by Crippen LogP contribution is 2.42. The molecular formula is C17H19ClN2O3S. The SMILES string of the molecule is C[N+](C)([O-])CC(O)CN1c2ccccc2S(=O)c2ccc(Cl)cc21. The summed E-state index contributed by atoms with van der Waals surface area (Å²) in [6.07, 6.45) is -0.830. The molecule has 0 aromatic heterocycles. The van der Waals surface area contributed by atoms with Crippen LogP contribution in [-0.2, 0) is 10.8 Å². The van der Waals surface area contributed by atoms with Crippen molar-refractivity contribution < 1.29 is 14.0 Å². The highest BCUT2D eigenvalue weighted by Gasteiger charge is 2.30. The largest absolute Gasteiger partial charge is 0.633 e. The lowest BCUT2D eigenvalue weighted by Crippen LogP contribution is -2.44. The number of rotatable bonds is 4. The van der Waals surface area contributed by atoms with E-state index in [1.807, 2.05) is 29.2 Å². The molecule has 1 heterocycles. The van der Waals surface area contributed by atoms with Crippen molar-refractivity contribution in [3.8, 4) is 0 Å². The van der Waals surface area contributed by atoms with Gasteiger partial charge in [0.15, 0.2) is 0 Å². The van der Waals surface area contributed by atoms with Gasteiger partial charge in [-0.2, -0.15) is 0 Å². The van der Waals surface area contributed by atoms with Crippen LogP contribution in [0.2, 0.25) is 5.02 Å². The number of hydroxylamine groups is 3. The average molecular weight is 367 g/mol. The monoisotopic (exact) mass is 366 g/mol. The van der Waals surface area contributed by atoms with Gasteiger partial charge in [0.25, 0.3) is 0 Å². The van der Waals surface area contributed by atoms with E-state index in [0.717, 1.165) is 5.69 Å². The molecule has 0 aliphatic carbocycles. The molecule has 1 aliphatic heterocycles. The van der Waals surface area contributed by atoms with Gasteiger partial charge in [0, 0.05) is 5.02 Å². The number of likely N-dealkylation sites (N-methyl/N-ethyl adjacent to an activating group) is 1. The molecule has 128 valence electrons. The van der Waals surface area contributed by atoms with E-state index in [1.54, 1.807) is 18.2 Å². The highest BCUT2D eigenvalue weighted by atomic mass is 35.5. The fraction of sp³-hybridized carbons (Fsp3) is 0.294. The van der Waals surface area contributed by atoms with Gasteiger partial charge < -0.3 is 19.9 Å². The van der Waals surface area contributed by atoms with Crippen molar-refractivity contribution in [3.05, 3.63) is 52.7 Å². The highest BCUT2D eigenvalue weighted by molar-refractivity contribution is 7.85. The van der Waals surface area contributed by atoms with Gasteiger partial charge in [-0.3, -0.25) is 0 Å². The number of nitrogens with zero attached hydrogens (tertiary/aromatic N) is 2. The van der Waals surface area contributed by atoms with Crippen molar-refractivity contribution in [1.29, 1.82) is 0 Å². The molecule has 2 aromatic carbocycles. The minimum atomic E-state index is -1.30. The number of halogens is 1. The summed E-state index contributed by atoms with van der Waals surface area (Å²) in [7, 11) is 1.69. The number of para-hydroxylation sites is 1. The van der Waals surface area contributed by atoms with Crippen molar-refractivity contribution in [2.45, 2.75) is 15.9 Å². The molecule has 0 saturated carbocycles. The Balaban J connectivity index is 2.04. The van der Waals surface area contributed by atoms with E-state index in [2.05, 4.69) is 0 Å².